The van der Waals surface area contributed by atoms with Crippen LogP contribution in [-0.2, 0) is 14.3 Å². The Kier molecular flexibility index (Phi) is 7.53. The molecule has 0 aromatic carbocycles. The van der Waals surface area contributed by atoms with Crippen LogP contribution in [0.4, 0.5) is 0 Å². The number of rotatable bonds is 7. The van der Waals surface area contributed by atoms with E-state index in [9.17, 15) is 4.79 Å². The van der Waals surface area contributed by atoms with Gasteiger partial charge < -0.3 is 14.6 Å². The van der Waals surface area contributed by atoms with E-state index in [0.717, 1.165) is 50.0 Å². The van der Waals surface area contributed by atoms with E-state index in [4.69, 9.17) is 14.6 Å². The maximum Gasteiger partial charge on any atom is 0.303 e. The standard InChI is InChI=1S/C31H48O4/c1-21(8-4-5-9-28(32)33)25-13-14-26-24-12-11-22-20-23(35-29-10-6-7-19-34-29)15-17-30(22,2)27(24)16-18-31(25,26)3/h8,11,23-27,29H,4-7,9-10,12-20H2,1-3H3,(H,32,33)/b21-8+. The molecule has 0 spiro atoms. The third-order valence-electron chi connectivity index (χ3n) is 11.2. The normalized spacial score (nSPS) is 43.6. The average molecular weight is 485 g/mol. The lowest BCUT2D eigenvalue weighted by Gasteiger charge is -2.58. The summed E-state index contributed by atoms with van der Waals surface area (Å²) in [5.74, 6) is 2.48. The van der Waals surface area contributed by atoms with Crippen LogP contribution >= 0.6 is 0 Å². The fourth-order valence-corrected chi connectivity index (χ4v) is 9.25. The van der Waals surface area contributed by atoms with Crippen LogP contribution in [0.2, 0.25) is 0 Å². The monoisotopic (exact) mass is 484 g/mol. The second kappa shape index (κ2) is 10.3. The highest BCUT2D eigenvalue weighted by molar-refractivity contribution is 5.66. The van der Waals surface area contributed by atoms with E-state index >= 15 is 0 Å². The Labute approximate surface area is 212 Å². The number of carbonyl (C=O) groups is 1. The van der Waals surface area contributed by atoms with Crippen molar-refractivity contribution in [2.75, 3.05) is 6.61 Å². The second-order valence-corrected chi connectivity index (χ2v) is 13.0. The molecule has 3 saturated carbocycles. The van der Waals surface area contributed by atoms with Gasteiger partial charge in [-0.25, -0.2) is 0 Å². The molecular weight excluding hydrogens is 436 g/mol. The first-order chi connectivity index (χ1) is 16.8. The molecule has 196 valence electrons. The van der Waals surface area contributed by atoms with E-state index in [-0.39, 0.29) is 12.7 Å². The summed E-state index contributed by atoms with van der Waals surface area (Å²) in [4.78, 5) is 10.9. The zero-order valence-electron chi connectivity index (χ0n) is 22.4. The van der Waals surface area contributed by atoms with E-state index in [1.54, 1.807) is 5.57 Å². The van der Waals surface area contributed by atoms with Gasteiger partial charge in [0.1, 0.15) is 0 Å². The maximum absolute atomic E-state index is 10.9. The number of carboxylic acid groups (broad SMARTS) is 1. The fraction of sp³-hybridized carbons (Fsp3) is 0.839. The van der Waals surface area contributed by atoms with Crippen molar-refractivity contribution < 1.29 is 19.4 Å². The van der Waals surface area contributed by atoms with Crippen LogP contribution in [0.1, 0.15) is 111 Å². The number of ether oxygens (including phenoxy) is 2. The number of hydrogen-bond acceptors (Lipinski definition) is 3. The van der Waals surface area contributed by atoms with Crippen LogP contribution in [0.5, 0.6) is 0 Å². The van der Waals surface area contributed by atoms with E-state index in [2.05, 4.69) is 32.9 Å². The second-order valence-electron chi connectivity index (χ2n) is 13.0. The summed E-state index contributed by atoms with van der Waals surface area (Å²) in [6, 6.07) is 0. The summed E-state index contributed by atoms with van der Waals surface area (Å²) >= 11 is 0. The molecule has 4 fully saturated rings. The Bertz CT molecular complexity index is 839. The Morgan fingerprint density at radius 3 is 2.77 bits per heavy atom. The molecule has 0 aromatic rings. The van der Waals surface area contributed by atoms with Crippen LogP contribution in [0.3, 0.4) is 0 Å². The van der Waals surface area contributed by atoms with Crippen molar-refractivity contribution in [3.63, 3.8) is 0 Å². The molecule has 0 amide bonds. The molecule has 35 heavy (non-hydrogen) atoms. The third-order valence-corrected chi connectivity index (χ3v) is 11.2. The summed E-state index contributed by atoms with van der Waals surface area (Å²) in [7, 11) is 0. The van der Waals surface area contributed by atoms with Gasteiger partial charge in [0, 0.05) is 13.0 Å². The molecule has 4 heteroatoms. The number of allylic oxidation sites excluding steroid dienone is 3. The van der Waals surface area contributed by atoms with Crippen molar-refractivity contribution in [3.05, 3.63) is 23.3 Å². The lowest BCUT2D eigenvalue weighted by Crippen LogP contribution is -2.50. The molecule has 1 saturated heterocycles. The predicted octanol–water partition coefficient (Wildman–Crippen LogP) is 7.68. The van der Waals surface area contributed by atoms with Crippen LogP contribution in [-0.4, -0.2) is 30.1 Å². The number of aliphatic carboxylic acids is 1. The summed E-state index contributed by atoms with van der Waals surface area (Å²) in [6.45, 7) is 8.37. The van der Waals surface area contributed by atoms with E-state index in [1.807, 2.05) is 0 Å². The van der Waals surface area contributed by atoms with Gasteiger partial charge in [-0.15, -0.1) is 0 Å². The molecule has 4 aliphatic carbocycles. The smallest absolute Gasteiger partial charge is 0.303 e. The van der Waals surface area contributed by atoms with Gasteiger partial charge in [0.05, 0.1) is 6.10 Å². The predicted molar refractivity (Wildman–Crippen MR) is 139 cm³/mol. The molecule has 0 radical (unpaired) electrons. The minimum atomic E-state index is -0.677. The lowest BCUT2D eigenvalue weighted by molar-refractivity contribution is -0.195. The minimum absolute atomic E-state index is 0.0290. The maximum atomic E-state index is 10.9. The lowest BCUT2D eigenvalue weighted by atomic mass is 9.47. The fourth-order valence-electron chi connectivity index (χ4n) is 9.25. The van der Waals surface area contributed by atoms with Crippen molar-refractivity contribution in [1.29, 1.82) is 0 Å². The highest BCUT2D eigenvalue weighted by Crippen LogP contribution is 2.67. The van der Waals surface area contributed by atoms with Gasteiger partial charge in [-0.3, -0.25) is 4.79 Å². The van der Waals surface area contributed by atoms with Gasteiger partial charge in [0.2, 0.25) is 0 Å². The van der Waals surface area contributed by atoms with Crippen LogP contribution in [0.25, 0.3) is 0 Å². The van der Waals surface area contributed by atoms with Gasteiger partial charge >= 0.3 is 5.97 Å². The minimum Gasteiger partial charge on any atom is -0.481 e. The van der Waals surface area contributed by atoms with Crippen molar-refractivity contribution in [2.24, 2.45) is 34.5 Å². The van der Waals surface area contributed by atoms with E-state index < -0.39 is 5.97 Å². The van der Waals surface area contributed by atoms with Gasteiger partial charge in [0.25, 0.3) is 0 Å². The van der Waals surface area contributed by atoms with Crippen molar-refractivity contribution in [2.45, 2.75) is 123 Å². The van der Waals surface area contributed by atoms with Gasteiger partial charge in [0.15, 0.2) is 6.29 Å². The zero-order valence-corrected chi connectivity index (χ0v) is 22.4. The molecular formula is C31H48O4. The van der Waals surface area contributed by atoms with E-state index in [1.165, 1.54) is 63.4 Å². The van der Waals surface area contributed by atoms with Crippen LogP contribution in [0, 0.1) is 34.5 Å². The Hall–Kier alpha value is -1.13. The van der Waals surface area contributed by atoms with Crippen molar-refractivity contribution in [3.8, 4) is 0 Å². The summed E-state index contributed by atoms with van der Waals surface area (Å²) in [5.41, 5.74) is 3.99. The van der Waals surface area contributed by atoms with Crippen molar-refractivity contribution >= 4 is 5.97 Å². The Morgan fingerprint density at radius 1 is 1.14 bits per heavy atom. The topological polar surface area (TPSA) is 55.8 Å². The molecule has 4 nitrogen and oxygen atoms in total. The zero-order chi connectivity index (χ0) is 24.6. The molecule has 8 atom stereocenters. The Morgan fingerprint density at radius 2 is 2.00 bits per heavy atom. The molecule has 5 rings (SSSR count). The molecule has 0 bridgehead atoms. The number of unbranched alkanes of at least 4 members (excludes halogenated alkanes) is 1. The number of carboxylic acids is 1. The van der Waals surface area contributed by atoms with Gasteiger partial charge in [-0.05, 0) is 125 Å². The third kappa shape index (κ3) is 4.91. The first-order valence-electron chi connectivity index (χ1n) is 14.7. The largest absolute Gasteiger partial charge is 0.481 e. The first-order valence-corrected chi connectivity index (χ1v) is 14.7. The molecule has 0 aromatic heterocycles. The summed E-state index contributed by atoms with van der Waals surface area (Å²) in [5, 5.41) is 8.95. The van der Waals surface area contributed by atoms with E-state index in [0.29, 0.717) is 22.9 Å². The average Bonchev–Trinajstić information content (AvgIpc) is 3.20. The SMILES string of the molecule is C/C(=C\CCCC(=O)O)C1CCC2C3CC=C4CC(OC5CCCCO5)CCC4(C)C3CCC12C. The highest BCUT2D eigenvalue weighted by Gasteiger charge is 2.58. The van der Waals surface area contributed by atoms with Crippen molar-refractivity contribution in [1.82, 2.24) is 0 Å². The molecule has 1 heterocycles. The summed E-state index contributed by atoms with van der Waals surface area (Å²) < 4.78 is 12.3. The molecule has 1 N–H and O–H groups in total. The number of hydrogen-bond donors (Lipinski definition) is 1. The Balaban J connectivity index is 1.25. The van der Waals surface area contributed by atoms with Crippen LogP contribution in [0.15, 0.2) is 23.3 Å². The van der Waals surface area contributed by atoms with Gasteiger partial charge in [-0.2, -0.15) is 0 Å². The molecule has 1 aliphatic heterocycles. The highest BCUT2D eigenvalue weighted by atomic mass is 16.7. The number of fused-ring (bicyclic) bond motifs is 5. The van der Waals surface area contributed by atoms with Crippen LogP contribution < -0.4 is 0 Å². The molecule has 5 aliphatic rings. The summed E-state index contributed by atoms with van der Waals surface area (Å²) in [6.07, 6.45) is 21.0. The first kappa shape index (κ1) is 25.5. The quantitative estimate of drug-likeness (QED) is 0.297. The molecule has 8 unspecified atom stereocenters. The van der Waals surface area contributed by atoms with Gasteiger partial charge in [-0.1, -0.05) is 37.1 Å².